The van der Waals surface area contributed by atoms with Gasteiger partial charge in [0, 0.05) is 18.4 Å². The highest BCUT2D eigenvalue weighted by Crippen LogP contribution is 2.23. The standard InChI is InChI=1S/C16H16N2O3/c1-21-10-15(19)18-14-4-2-3-13(9-14)11-5-7-12(8-6-11)16(17)20/h2-9H,10H2,1H3,(H2,17,20)(H,18,19). The molecular formula is C16H16N2O3. The fourth-order valence-electron chi connectivity index (χ4n) is 1.93. The average molecular weight is 284 g/mol. The Kier molecular flexibility index (Phi) is 4.68. The minimum atomic E-state index is -0.456. The number of nitrogens with one attached hydrogen (secondary N) is 1. The van der Waals surface area contributed by atoms with Crippen molar-refractivity contribution in [3.8, 4) is 11.1 Å². The second-order valence-corrected chi connectivity index (χ2v) is 4.50. The van der Waals surface area contributed by atoms with Crippen LogP contribution in [0, 0.1) is 0 Å². The monoisotopic (exact) mass is 284 g/mol. The second kappa shape index (κ2) is 6.67. The molecule has 2 aromatic carbocycles. The molecule has 0 fully saturated rings. The summed E-state index contributed by atoms with van der Waals surface area (Å²) in [7, 11) is 1.47. The number of ether oxygens (including phenoxy) is 1. The van der Waals surface area contributed by atoms with Gasteiger partial charge < -0.3 is 15.8 Å². The lowest BCUT2D eigenvalue weighted by atomic mass is 10.0. The van der Waals surface area contributed by atoms with E-state index in [1.54, 1.807) is 18.2 Å². The van der Waals surface area contributed by atoms with E-state index in [2.05, 4.69) is 5.32 Å². The van der Waals surface area contributed by atoms with Crippen LogP contribution in [0.1, 0.15) is 10.4 Å². The zero-order valence-corrected chi connectivity index (χ0v) is 11.6. The Morgan fingerprint density at radius 2 is 1.81 bits per heavy atom. The number of benzene rings is 2. The Labute approximate surface area is 122 Å². The van der Waals surface area contributed by atoms with Crippen LogP contribution in [-0.4, -0.2) is 25.5 Å². The van der Waals surface area contributed by atoms with Crippen LogP contribution in [0.4, 0.5) is 5.69 Å². The highest BCUT2D eigenvalue weighted by molar-refractivity contribution is 5.94. The van der Waals surface area contributed by atoms with E-state index in [1.165, 1.54) is 7.11 Å². The first-order valence-electron chi connectivity index (χ1n) is 6.39. The molecule has 0 aliphatic heterocycles. The number of nitrogens with two attached hydrogens (primary N) is 1. The highest BCUT2D eigenvalue weighted by Gasteiger charge is 2.05. The molecule has 0 radical (unpaired) electrons. The van der Waals surface area contributed by atoms with Crippen molar-refractivity contribution >= 4 is 17.5 Å². The number of carbonyl (C=O) groups is 2. The van der Waals surface area contributed by atoms with Gasteiger partial charge in [0.05, 0.1) is 0 Å². The van der Waals surface area contributed by atoms with Gasteiger partial charge in [0.15, 0.2) is 0 Å². The Morgan fingerprint density at radius 1 is 1.10 bits per heavy atom. The molecule has 108 valence electrons. The average Bonchev–Trinajstić information content (AvgIpc) is 2.48. The summed E-state index contributed by atoms with van der Waals surface area (Å²) in [5.41, 5.74) is 8.23. The first kappa shape index (κ1) is 14.7. The fraction of sp³-hybridized carbons (Fsp3) is 0.125. The fourth-order valence-corrected chi connectivity index (χ4v) is 1.93. The Morgan fingerprint density at radius 3 is 2.43 bits per heavy atom. The van der Waals surface area contributed by atoms with Gasteiger partial charge in [-0.1, -0.05) is 24.3 Å². The first-order valence-corrected chi connectivity index (χ1v) is 6.39. The van der Waals surface area contributed by atoms with Crippen molar-refractivity contribution < 1.29 is 14.3 Å². The number of methoxy groups -OCH3 is 1. The van der Waals surface area contributed by atoms with Crippen LogP contribution in [0.2, 0.25) is 0 Å². The van der Waals surface area contributed by atoms with E-state index in [0.29, 0.717) is 11.3 Å². The highest BCUT2D eigenvalue weighted by atomic mass is 16.5. The van der Waals surface area contributed by atoms with Crippen molar-refractivity contribution in [2.45, 2.75) is 0 Å². The molecule has 21 heavy (non-hydrogen) atoms. The zero-order chi connectivity index (χ0) is 15.2. The molecule has 0 bridgehead atoms. The van der Waals surface area contributed by atoms with Crippen LogP contribution >= 0.6 is 0 Å². The van der Waals surface area contributed by atoms with E-state index in [-0.39, 0.29) is 12.5 Å². The molecule has 2 amide bonds. The number of anilines is 1. The van der Waals surface area contributed by atoms with Crippen molar-refractivity contribution in [1.82, 2.24) is 0 Å². The van der Waals surface area contributed by atoms with Gasteiger partial charge in [-0.3, -0.25) is 9.59 Å². The molecule has 0 spiro atoms. The number of hydrogen-bond acceptors (Lipinski definition) is 3. The van der Waals surface area contributed by atoms with Gasteiger partial charge in [-0.15, -0.1) is 0 Å². The van der Waals surface area contributed by atoms with E-state index >= 15 is 0 Å². The topological polar surface area (TPSA) is 81.4 Å². The summed E-state index contributed by atoms with van der Waals surface area (Å²) in [6.07, 6.45) is 0. The third-order valence-corrected chi connectivity index (χ3v) is 2.92. The molecule has 3 N–H and O–H groups in total. The molecule has 2 aromatic rings. The summed E-state index contributed by atoms with van der Waals surface area (Å²) < 4.78 is 4.77. The SMILES string of the molecule is COCC(=O)Nc1cccc(-c2ccc(C(N)=O)cc2)c1. The summed E-state index contributed by atoms with van der Waals surface area (Å²) in [6, 6.07) is 14.4. The second-order valence-electron chi connectivity index (χ2n) is 4.50. The Hall–Kier alpha value is -2.66. The molecular weight excluding hydrogens is 268 g/mol. The van der Waals surface area contributed by atoms with Gasteiger partial charge >= 0.3 is 0 Å². The minimum absolute atomic E-state index is 0.0114. The maximum atomic E-state index is 11.5. The third kappa shape index (κ3) is 3.90. The summed E-state index contributed by atoms with van der Waals surface area (Å²) in [5.74, 6) is -0.666. The van der Waals surface area contributed by atoms with Crippen LogP contribution in [0.15, 0.2) is 48.5 Å². The van der Waals surface area contributed by atoms with Crippen molar-refractivity contribution in [3.63, 3.8) is 0 Å². The maximum absolute atomic E-state index is 11.5. The van der Waals surface area contributed by atoms with E-state index in [4.69, 9.17) is 10.5 Å². The maximum Gasteiger partial charge on any atom is 0.250 e. The van der Waals surface area contributed by atoms with Gasteiger partial charge in [-0.05, 0) is 35.4 Å². The molecule has 5 nitrogen and oxygen atoms in total. The molecule has 2 rings (SSSR count). The van der Waals surface area contributed by atoms with Crippen LogP contribution in [0.3, 0.4) is 0 Å². The van der Waals surface area contributed by atoms with Crippen LogP contribution in [0.25, 0.3) is 11.1 Å². The van der Waals surface area contributed by atoms with Crippen LogP contribution in [-0.2, 0) is 9.53 Å². The van der Waals surface area contributed by atoms with Gasteiger partial charge in [0.2, 0.25) is 11.8 Å². The van der Waals surface area contributed by atoms with Crippen molar-refractivity contribution in [3.05, 3.63) is 54.1 Å². The summed E-state index contributed by atoms with van der Waals surface area (Å²) in [5, 5.41) is 2.74. The summed E-state index contributed by atoms with van der Waals surface area (Å²) in [6.45, 7) is 0.0114. The molecule has 0 saturated carbocycles. The molecule has 5 heteroatoms. The predicted octanol–water partition coefficient (Wildman–Crippen LogP) is 2.04. The first-order chi connectivity index (χ1) is 10.1. The molecule has 0 aromatic heterocycles. The molecule has 0 heterocycles. The van der Waals surface area contributed by atoms with Crippen molar-refractivity contribution in [2.75, 3.05) is 19.0 Å². The summed E-state index contributed by atoms with van der Waals surface area (Å²) >= 11 is 0. The largest absolute Gasteiger partial charge is 0.375 e. The summed E-state index contributed by atoms with van der Waals surface area (Å²) in [4.78, 5) is 22.5. The van der Waals surface area contributed by atoms with E-state index in [0.717, 1.165) is 11.1 Å². The molecule has 0 aliphatic rings. The lowest BCUT2D eigenvalue weighted by molar-refractivity contribution is -0.119. The smallest absolute Gasteiger partial charge is 0.250 e. The lowest BCUT2D eigenvalue weighted by Gasteiger charge is -2.07. The molecule has 0 aliphatic carbocycles. The predicted molar refractivity (Wildman–Crippen MR) is 80.9 cm³/mol. The third-order valence-electron chi connectivity index (χ3n) is 2.92. The van der Waals surface area contributed by atoms with Gasteiger partial charge in [-0.25, -0.2) is 0 Å². The van der Waals surface area contributed by atoms with Crippen LogP contribution < -0.4 is 11.1 Å². The van der Waals surface area contributed by atoms with Crippen molar-refractivity contribution in [1.29, 1.82) is 0 Å². The van der Waals surface area contributed by atoms with E-state index in [1.807, 2.05) is 30.3 Å². The minimum Gasteiger partial charge on any atom is -0.375 e. The van der Waals surface area contributed by atoms with Crippen molar-refractivity contribution in [2.24, 2.45) is 5.73 Å². The van der Waals surface area contributed by atoms with E-state index < -0.39 is 5.91 Å². The van der Waals surface area contributed by atoms with Crippen LogP contribution in [0.5, 0.6) is 0 Å². The quantitative estimate of drug-likeness (QED) is 0.881. The molecule has 0 atom stereocenters. The van der Waals surface area contributed by atoms with E-state index in [9.17, 15) is 9.59 Å². The van der Waals surface area contributed by atoms with Gasteiger partial charge in [0.1, 0.15) is 6.61 Å². The molecule has 0 saturated heterocycles. The number of carbonyl (C=O) groups excluding carboxylic acids is 2. The van der Waals surface area contributed by atoms with Gasteiger partial charge in [0.25, 0.3) is 0 Å². The lowest BCUT2D eigenvalue weighted by Crippen LogP contribution is -2.16. The normalized spacial score (nSPS) is 10.1. The number of primary amides is 1. The molecule has 0 unspecified atom stereocenters. The number of rotatable bonds is 5. The number of amides is 2. The Bertz CT molecular complexity index is 651. The number of hydrogen-bond donors (Lipinski definition) is 2. The zero-order valence-electron chi connectivity index (χ0n) is 11.6. The van der Waals surface area contributed by atoms with Gasteiger partial charge in [-0.2, -0.15) is 0 Å². The Balaban J connectivity index is 2.20.